The van der Waals surface area contributed by atoms with E-state index in [4.69, 9.17) is 4.42 Å². The van der Waals surface area contributed by atoms with Gasteiger partial charge in [0.15, 0.2) is 0 Å². The molecule has 7 nitrogen and oxygen atoms in total. The molecule has 0 aliphatic carbocycles. The number of hydrogen-bond donors (Lipinski definition) is 0. The van der Waals surface area contributed by atoms with Crippen LogP contribution in [0, 0.1) is 0 Å². The average molecular weight is 321 g/mol. The summed E-state index contributed by atoms with van der Waals surface area (Å²) in [5.41, 5.74) is 0.403. The first-order valence-corrected chi connectivity index (χ1v) is 8.42. The van der Waals surface area contributed by atoms with Crippen LogP contribution in [-0.4, -0.2) is 31.4 Å². The zero-order valence-electron chi connectivity index (χ0n) is 11.1. The Morgan fingerprint density at radius 3 is 2.95 bits per heavy atom. The van der Waals surface area contributed by atoms with Crippen LogP contribution >= 0.6 is 23.5 Å². The maximum absolute atomic E-state index is 12.2. The van der Waals surface area contributed by atoms with Gasteiger partial charge in [-0.1, -0.05) is 17.3 Å². The van der Waals surface area contributed by atoms with Crippen LogP contribution in [0.2, 0.25) is 0 Å². The van der Waals surface area contributed by atoms with Crippen molar-refractivity contribution in [1.82, 2.24) is 25.2 Å². The van der Waals surface area contributed by atoms with Crippen molar-refractivity contribution in [3.8, 4) is 0 Å². The fraction of sp³-hybridized carbons (Fsp3) is 0.250. The highest BCUT2D eigenvalue weighted by molar-refractivity contribution is 7.98. The van der Waals surface area contributed by atoms with Crippen molar-refractivity contribution in [3.63, 3.8) is 0 Å². The van der Waals surface area contributed by atoms with Crippen LogP contribution in [0.3, 0.4) is 0 Å². The summed E-state index contributed by atoms with van der Waals surface area (Å²) >= 11 is 2.86. The zero-order chi connectivity index (χ0) is 14.7. The molecule has 0 saturated heterocycles. The summed E-state index contributed by atoms with van der Waals surface area (Å²) in [7, 11) is 0. The molecule has 0 N–H and O–H groups in total. The predicted molar refractivity (Wildman–Crippen MR) is 81.2 cm³/mol. The van der Waals surface area contributed by atoms with Crippen LogP contribution < -0.4 is 5.56 Å². The summed E-state index contributed by atoms with van der Waals surface area (Å²) < 4.78 is 6.71. The van der Waals surface area contributed by atoms with E-state index < -0.39 is 0 Å². The standard InChI is InChI=1S/C12H11N5O2S2/c1-20-6-10-14-15-12(19-10)21-7-17-11(18)8-4-2-3-5-9(8)13-16-17/h2-5H,6-7H2,1H3. The van der Waals surface area contributed by atoms with Crippen LogP contribution in [0.4, 0.5) is 0 Å². The summed E-state index contributed by atoms with van der Waals surface area (Å²) in [5, 5.41) is 16.7. The highest BCUT2D eigenvalue weighted by atomic mass is 32.2. The number of hydrogen-bond acceptors (Lipinski definition) is 8. The minimum Gasteiger partial charge on any atom is -0.415 e. The Morgan fingerprint density at radius 2 is 2.10 bits per heavy atom. The normalized spacial score (nSPS) is 11.1. The highest BCUT2D eigenvalue weighted by Crippen LogP contribution is 2.19. The molecule has 0 bridgehead atoms. The number of thioether (sulfide) groups is 2. The van der Waals surface area contributed by atoms with E-state index in [0.29, 0.717) is 27.8 Å². The van der Waals surface area contributed by atoms with Gasteiger partial charge in [-0.05, 0) is 30.2 Å². The Balaban J connectivity index is 1.78. The van der Waals surface area contributed by atoms with Gasteiger partial charge >= 0.3 is 0 Å². The van der Waals surface area contributed by atoms with E-state index >= 15 is 0 Å². The van der Waals surface area contributed by atoms with E-state index in [0.717, 1.165) is 0 Å². The first-order chi connectivity index (χ1) is 10.3. The Labute approximate surface area is 128 Å². The van der Waals surface area contributed by atoms with E-state index in [9.17, 15) is 4.79 Å². The summed E-state index contributed by atoms with van der Waals surface area (Å²) in [6, 6.07) is 7.11. The number of fused-ring (bicyclic) bond motifs is 1. The monoisotopic (exact) mass is 321 g/mol. The fourth-order valence-corrected chi connectivity index (χ4v) is 2.72. The third kappa shape index (κ3) is 3.08. The van der Waals surface area contributed by atoms with E-state index in [2.05, 4.69) is 20.5 Å². The molecule has 0 saturated carbocycles. The van der Waals surface area contributed by atoms with Crippen molar-refractivity contribution in [2.75, 3.05) is 6.26 Å². The van der Waals surface area contributed by atoms with Gasteiger partial charge < -0.3 is 4.42 Å². The topological polar surface area (TPSA) is 86.7 Å². The molecule has 0 radical (unpaired) electrons. The smallest absolute Gasteiger partial charge is 0.278 e. The minimum absolute atomic E-state index is 0.183. The second-order valence-corrected chi connectivity index (χ2v) is 5.84. The molecular weight excluding hydrogens is 310 g/mol. The molecule has 3 aromatic rings. The van der Waals surface area contributed by atoms with Crippen molar-refractivity contribution in [2.45, 2.75) is 16.9 Å². The van der Waals surface area contributed by atoms with Crippen molar-refractivity contribution in [2.24, 2.45) is 0 Å². The maximum Gasteiger partial charge on any atom is 0.278 e. The number of benzene rings is 1. The molecule has 0 unspecified atom stereocenters. The number of aromatic nitrogens is 5. The summed E-state index contributed by atoms with van der Waals surface area (Å²) in [6.07, 6.45) is 1.96. The molecule has 21 heavy (non-hydrogen) atoms. The van der Waals surface area contributed by atoms with Gasteiger partial charge in [0.05, 0.1) is 11.1 Å². The van der Waals surface area contributed by atoms with Crippen molar-refractivity contribution < 1.29 is 4.42 Å². The van der Waals surface area contributed by atoms with Gasteiger partial charge in [0.1, 0.15) is 11.4 Å². The molecule has 0 spiro atoms. The average Bonchev–Trinajstić information content (AvgIpc) is 2.95. The number of nitrogens with zero attached hydrogens (tertiary/aromatic N) is 5. The summed E-state index contributed by atoms with van der Waals surface area (Å²) in [6.45, 7) is 0. The van der Waals surface area contributed by atoms with Crippen molar-refractivity contribution in [3.05, 3.63) is 40.5 Å². The van der Waals surface area contributed by atoms with Crippen LogP contribution in [0.15, 0.2) is 38.7 Å². The van der Waals surface area contributed by atoms with Crippen molar-refractivity contribution >= 4 is 34.4 Å². The van der Waals surface area contributed by atoms with Gasteiger partial charge in [-0.2, -0.15) is 16.4 Å². The molecule has 0 amide bonds. The first-order valence-electron chi connectivity index (χ1n) is 6.04. The molecule has 108 valence electrons. The van der Waals surface area contributed by atoms with Gasteiger partial charge in [0.25, 0.3) is 10.8 Å². The first kappa shape index (κ1) is 14.1. The minimum atomic E-state index is -0.183. The predicted octanol–water partition coefficient (Wildman–Crippen LogP) is 1.79. The van der Waals surface area contributed by atoms with Gasteiger partial charge in [-0.15, -0.1) is 15.3 Å². The lowest BCUT2D eigenvalue weighted by molar-refractivity contribution is 0.425. The lowest BCUT2D eigenvalue weighted by atomic mass is 10.2. The molecule has 1 aromatic carbocycles. The fourth-order valence-electron chi connectivity index (χ4n) is 1.70. The molecule has 0 atom stereocenters. The summed E-state index contributed by atoms with van der Waals surface area (Å²) in [4.78, 5) is 12.2. The largest absolute Gasteiger partial charge is 0.415 e. The second-order valence-electron chi connectivity index (χ2n) is 4.08. The van der Waals surface area contributed by atoms with E-state index in [1.165, 1.54) is 16.4 Å². The van der Waals surface area contributed by atoms with E-state index in [-0.39, 0.29) is 11.4 Å². The van der Waals surface area contributed by atoms with Crippen LogP contribution in [0.25, 0.3) is 10.9 Å². The van der Waals surface area contributed by atoms with Crippen LogP contribution in [0.5, 0.6) is 0 Å². The quantitative estimate of drug-likeness (QED) is 0.657. The summed E-state index contributed by atoms with van der Waals surface area (Å²) in [5.74, 6) is 1.52. The zero-order valence-corrected chi connectivity index (χ0v) is 12.7. The Bertz CT molecular complexity index is 817. The lowest BCUT2D eigenvalue weighted by Gasteiger charge is -2.02. The molecule has 0 aliphatic heterocycles. The molecule has 0 fully saturated rings. The Kier molecular flexibility index (Phi) is 4.20. The SMILES string of the molecule is CSCc1nnc(SCn2nnc3ccccc3c2=O)o1. The van der Waals surface area contributed by atoms with E-state index in [1.807, 2.05) is 12.3 Å². The highest BCUT2D eigenvalue weighted by Gasteiger charge is 2.09. The Hall–Kier alpha value is -1.87. The molecule has 2 aromatic heterocycles. The van der Waals surface area contributed by atoms with Gasteiger partial charge in [-0.3, -0.25) is 4.79 Å². The van der Waals surface area contributed by atoms with Gasteiger partial charge in [0, 0.05) is 0 Å². The van der Waals surface area contributed by atoms with Crippen LogP contribution in [-0.2, 0) is 11.6 Å². The second kappa shape index (κ2) is 6.27. The van der Waals surface area contributed by atoms with Crippen molar-refractivity contribution in [1.29, 1.82) is 0 Å². The molecule has 0 aliphatic rings. The van der Waals surface area contributed by atoms with Gasteiger partial charge in [-0.25, -0.2) is 0 Å². The molecule has 3 rings (SSSR count). The Morgan fingerprint density at radius 1 is 1.24 bits per heavy atom. The third-order valence-electron chi connectivity index (χ3n) is 2.66. The number of rotatable bonds is 5. The molecular formula is C12H11N5O2S2. The maximum atomic E-state index is 12.2. The van der Waals surface area contributed by atoms with Crippen LogP contribution in [0.1, 0.15) is 5.89 Å². The van der Waals surface area contributed by atoms with E-state index in [1.54, 1.807) is 30.0 Å². The third-order valence-corrected chi connectivity index (χ3v) is 3.98. The molecule has 9 heteroatoms. The molecule has 2 heterocycles. The van der Waals surface area contributed by atoms with Gasteiger partial charge in [0.2, 0.25) is 5.89 Å². The lowest BCUT2D eigenvalue weighted by Crippen LogP contribution is -2.23.